The zero-order valence-corrected chi connectivity index (χ0v) is 10.9. The molecule has 1 aromatic rings. The topological polar surface area (TPSA) is 39.2 Å². The number of carbonyl (C=O) groups excluding carboxylic acids is 1. The second-order valence-electron chi connectivity index (χ2n) is 5.50. The van der Waals surface area contributed by atoms with Crippen LogP contribution in [0.4, 0.5) is 4.39 Å². The van der Waals surface area contributed by atoms with Crippen LogP contribution in [0.5, 0.6) is 0 Å². The van der Waals surface area contributed by atoms with Crippen LogP contribution < -0.4 is 0 Å². The predicted octanol–water partition coefficient (Wildman–Crippen LogP) is 2.84. The largest absolute Gasteiger partial charge is 0.459 e. The number of hydrogen-bond donors (Lipinski definition) is 0. The average molecular weight is 239 g/mol. The maximum Gasteiger partial charge on any atom is 0.316 e. The van der Waals surface area contributed by atoms with Crippen molar-refractivity contribution < 1.29 is 13.9 Å². The number of carbonyl (C=O) groups is 1. The summed E-state index contributed by atoms with van der Waals surface area (Å²) in [6.45, 7) is 8.89. The maximum atomic E-state index is 12.7. The van der Waals surface area contributed by atoms with E-state index in [0.29, 0.717) is 5.56 Å². The predicted molar refractivity (Wildman–Crippen MR) is 63.1 cm³/mol. The Bertz CT molecular complexity index is 404. The summed E-state index contributed by atoms with van der Waals surface area (Å²) in [6, 6.07) is 2.79. The molecular weight excluding hydrogens is 221 g/mol. The van der Waals surface area contributed by atoms with Crippen molar-refractivity contribution in [2.45, 2.75) is 45.6 Å². The summed E-state index contributed by atoms with van der Waals surface area (Å²) < 4.78 is 18.0. The van der Waals surface area contributed by atoms with Crippen LogP contribution in [0.3, 0.4) is 0 Å². The molecule has 94 valence electrons. The third-order valence-electron chi connectivity index (χ3n) is 2.36. The van der Waals surface area contributed by atoms with Crippen LogP contribution in [-0.4, -0.2) is 16.6 Å². The molecule has 0 saturated carbocycles. The Kier molecular flexibility index (Phi) is 3.55. The van der Waals surface area contributed by atoms with Gasteiger partial charge in [0.2, 0.25) is 5.95 Å². The van der Waals surface area contributed by atoms with Gasteiger partial charge in [-0.05, 0) is 46.2 Å². The summed E-state index contributed by atoms with van der Waals surface area (Å²) in [4.78, 5) is 15.6. The summed E-state index contributed by atoms with van der Waals surface area (Å²) in [5.41, 5.74) is -0.747. The third-order valence-corrected chi connectivity index (χ3v) is 2.36. The number of nitrogens with zero attached hydrogens (tertiary/aromatic N) is 1. The SMILES string of the molecule is CC(C)(C)OC(=O)C(C)(C)c1ccc(F)nc1. The number of pyridine rings is 1. The normalized spacial score (nSPS) is 12.4. The van der Waals surface area contributed by atoms with Crippen LogP contribution >= 0.6 is 0 Å². The molecule has 0 saturated heterocycles. The van der Waals surface area contributed by atoms with Gasteiger partial charge >= 0.3 is 5.97 Å². The van der Waals surface area contributed by atoms with E-state index in [9.17, 15) is 9.18 Å². The number of ether oxygens (including phenoxy) is 1. The lowest BCUT2D eigenvalue weighted by molar-refractivity contribution is -0.160. The first kappa shape index (κ1) is 13.6. The maximum absolute atomic E-state index is 12.7. The quantitative estimate of drug-likeness (QED) is 0.588. The molecule has 0 bridgehead atoms. The molecule has 0 radical (unpaired) electrons. The fourth-order valence-corrected chi connectivity index (χ4v) is 1.27. The molecule has 17 heavy (non-hydrogen) atoms. The number of halogens is 1. The highest BCUT2D eigenvalue weighted by Crippen LogP contribution is 2.26. The highest BCUT2D eigenvalue weighted by molar-refractivity contribution is 5.82. The molecule has 1 rings (SSSR count). The van der Waals surface area contributed by atoms with Gasteiger partial charge in [0, 0.05) is 6.20 Å². The first-order valence-corrected chi connectivity index (χ1v) is 5.48. The zero-order valence-electron chi connectivity index (χ0n) is 10.9. The van der Waals surface area contributed by atoms with Crippen molar-refractivity contribution >= 4 is 5.97 Å². The van der Waals surface area contributed by atoms with Gasteiger partial charge in [-0.25, -0.2) is 4.98 Å². The van der Waals surface area contributed by atoms with Gasteiger partial charge in [-0.3, -0.25) is 4.79 Å². The molecule has 0 fully saturated rings. The lowest BCUT2D eigenvalue weighted by atomic mass is 9.85. The third kappa shape index (κ3) is 3.51. The van der Waals surface area contributed by atoms with Gasteiger partial charge < -0.3 is 4.74 Å². The van der Waals surface area contributed by atoms with Gasteiger partial charge in [-0.2, -0.15) is 4.39 Å². The Morgan fingerprint density at radius 1 is 1.24 bits per heavy atom. The van der Waals surface area contributed by atoms with E-state index in [-0.39, 0.29) is 5.97 Å². The van der Waals surface area contributed by atoms with Gasteiger partial charge in [-0.15, -0.1) is 0 Å². The number of hydrogen-bond acceptors (Lipinski definition) is 3. The lowest BCUT2D eigenvalue weighted by Crippen LogP contribution is -2.36. The molecule has 1 heterocycles. The number of aromatic nitrogens is 1. The van der Waals surface area contributed by atoms with Crippen LogP contribution in [0.25, 0.3) is 0 Å². The molecular formula is C13H18FNO2. The molecule has 0 aliphatic rings. The highest BCUT2D eigenvalue weighted by Gasteiger charge is 2.34. The van der Waals surface area contributed by atoms with E-state index in [2.05, 4.69) is 4.98 Å². The standard InChI is InChI=1S/C13H18FNO2/c1-12(2,3)17-11(16)13(4,5)9-6-7-10(14)15-8-9/h6-8H,1-5H3. The molecule has 0 N–H and O–H groups in total. The van der Waals surface area contributed by atoms with Gasteiger partial charge in [0.05, 0.1) is 5.41 Å². The molecule has 0 aliphatic heterocycles. The summed E-state index contributed by atoms with van der Waals surface area (Å²) >= 11 is 0. The van der Waals surface area contributed by atoms with Crippen LogP contribution in [-0.2, 0) is 14.9 Å². The first-order valence-electron chi connectivity index (χ1n) is 5.48. The minimum Gasteiger partial charge on any atom is -0.459 e. The zero-order chi connectivity index (χ0) is 13.3. The Morgan fingerprint density at radius 3 is 2.24 bits per heavy atom. The molecule has 0 aromatic carbocycles. The molecule has 0 amide bonds. The van der Waals surface area contributed by atoms with Crippen LogP contribution in [0.1, 0.15) is 40.2 Å². The molecule has 0 spiro atoms. The Hall–Kier alpha value is -1.45. The van der Waals surface area contributed by atoms with Crippen molar-refractivity contribution in [3.8, 4) is 0 Å². The summed E-state index contributed by atoms with van der Waals surface area (Å²) in [6.07, 6.45) is 1.36. The summed E-state index contributed by atoms with van der Waals surface area (Å²) in [5, 5.41) is 0. The van der Waals surface area contributed by atoms with E-state index in [0.717, 1.165) is 0 Å². The van der Waals surface area contributed by atoms with E-state index < -0.39 is 17.0 Å². The van der Waals surface area contributed by atoms with E-state index in [1.54, 1.807) is 19.9 Å². The molecule has 3 nitrogen and oxygen atoms in total. The van der Waals surface area contributed by atoms with E-state index in [4.69, 9.17) is 4.74 Å². The average Bonchev–Trinajstić information content (AvgIpc) is 2.15. The number of esters is 1. The van der Waals surface area contributed by atoms with E-state index >= 15 is 0 Å². The van der Waals surface area contributed by atoms with Crippen LogP contribution in [0.2, 0.25) is 0 Å². The van der Waals surface area contributed by atoms with Crippen molar-refractivity contribution in [3.63, 3.8) is 0 Å². The Balaban J connectivity index is 2.94. The molecule has 1 aromatic heterocycles. The fourth-order valence-electron chi connectivity index (χ4n) is 1.27. The monoisotopic (exact) mass is 239 g/mol. The Labute approximate surface area is 101 Å². The van der Waals surface area contributed by atoms with Crippen molar-refractivity contribution in [3.05, 3.63) is 29.8 Å². The van der Waals surface area contributed by atoms with Crippen molar-refractivity contribution in [2.24, 2.45) is 0 Å². The van der Waals surface area contributed by atoms with Gasteiger partial charge in [0.1, 0.15) is 5.60 Å². The second-order valence-corrected chi connectivity index (χ2v) is 5.50. The molecule has 0 unspecified atom stereocenters. The smallest absolute Gasteiger partial charge is 0.316 e. The van der Waals surface area contributed by atoms with Gasteiger partial charge in [-0.1, -0.05) is 6.07 Å². The van der Waals surface area contributed by atoms with Crippen molar-refractivity contribution in [1.29, 1.82) is 0 Å². The molecule has 0 atom stereocenters. The minimum absolute atomic E-state index is 0.349. The molecule has 0 aliphatic carbocycles. The summed E-state index contributed by atoms with van der Waals surface area (Å²) in [7, 11) is 0. The van der Waals surface area contributed by atoms with Crippen LogP contribution in [0, 0.1) is 5.95 Å². The molecule has 4 heteroatoms. The second kappa shape index (κ2) is 4.43. The summed E-state index contributed by atoms with van der Waals surface area (Å²) in [5.74, 6) is -0.910. The van der Waals surface area contributed by atoms with Crippen LogP contribution in [0.15, 0.2) is 18.3 Å². The fraction of sp³-hybridized carbons (Fsp3) is 0.538. The lowest BCUT2D eigenvalue weighted by Gasteiger charge is -2.28. The van der Waals surface area contributed by atoms with E-state index in [1.807, 2.05) is 20.8 Å². The minimum atomic E-state index is -0.839. The van der Waals surface area contributed by atoms with Gasteiger partial charge in [0.25, 0.3) is 0 Å². The first-order chi connectivity index (χ1) is 7.63. The number of rotatable bonds is 2. The van der Waals surface area contributed by atoms with Crippen molar-refractivity contribution in [2.75, 3.05) is 0 Å². The highest BCUT2D eigenvalue weighted by atomic mass is 19.1. The Morgan fingerprint density at radius 2 is 1.82 bits per heavy atom. The van der Waals surface area contributed by atoms with Crippen molar-refractivity contribution in [1.82, 2.24) is 4.98 Å². The van der Waals surface area contributed by atoms with Gasteiger partial charge in [0.15, 0.2) is 0 Å². The van der Waals surface area contributed by atoms with E-state index in [1.165, 1.54) is 12.3 Å².